The van der Waals surface area contributed by atoms with Gasteiger partial charge in [-0.2, -0.15) is 0 Å². The molecule has 0 aromatic heterocycles. The van der Waals surface area contributed by atoms with Gasteiger partial charge in [0.25, 0.3) is 0 Å². The van der Waals surface area contributed by atoms with Gasteiger partial charge < -0.3 is 9.64 Å². The van der Waals surface area contributed by atoms with E-state index in [0.717, 1.165) is 32.5 Å². The van der Waals surface area contributed by atoms with Crippen molar-refractivity contribution < 1.29 is 9.53 Å². The third-order valence-corrected chi connectivity index (χ3v) is 5.43. The maximum Gasteiger partial charge on any atom is 0.248 e. The topological polar surface area (TPSA) is 32.8 Å². The average Bonchev–Trinajstić information content (AvgIpc) is 3.41. The monoisotopic (exact) mass is 330 g/mol. The number of piperidine rings is 1. The van der Waals surface area contributed by atoms with Crippen LogP contribution in [-0.4, -0.2) is 54.6 Å². The van der Waals surface area contributed by atoms with Crippen molar-refractivity contribution in [2.75, 3.05) is 26.8 Å². The van der Waals surface area contributed by atoms with E-state index in [-0.39, 0.29) is 12.5 Å². The van der Waals surface area contributed by atoms with Crippen molar-refractivity contribution in [3.63, 3.8) is 0 Å². The largest absolute Gasteiger partial charge is 0.371 e. The van der Waals surface area contributed by atoms with Crippen LogP contribution in [0.25, 0.3) is 0 Å². The van der Waals surface area contributed by atoms with Gasteiger partial charge in [-0.1, -0.05) is 30.3 Å². The van der Waals surface area contributed by atoms with E-state index in [1.165, 1.54) is 18.4 Å². The smallest absolute Gasteiger partial charge is 0.248 e. The molecule has 3 rings (SSSR count). The molecule has 132 valence electrons. The molecular formula is C20H30N2O2. The van der Waals surface area contributed by atoms with Crippen molar-refractivity contribution in [2.24, 2.45) is 5.92 Å². The van der Waals surface area contributed by atoms with Crippen LogP contribution < -0.4 is 0 Å². The Kier molecular flexibility index (Phi) is 5.90. The van der Waals surface area contributed by atoms with Gasteiger partial charge in [-0.3, -0.25) is 9.69 Å². The number of amides is 1. The lowest BCUT2D eigenvalue weighted by Gasteiger charge is -2.41. The van der Waals surface area contributed by atoms with Gasteiger partial charge in [0.05, 0.1) is 6.61 Å². The molecule has 0 bridgehead atoms. The highest BCUT2D eigenvalue weighted by molar-refractivity contribution is 5.77. The van der Waals surface area contributed by atoms with Gasteiger partial charge in [0.1, 0.15) is 6.61 Å². The average molecular weight is 330 g/mol. The van der Waals surface area contributed by atoms with Crippen LogP contribution in [0.5, 0.6) is 0 Å². The van der Waals surface area contributed by atoms with E-state index in [4.69, 9.17) is 4.74 Å². The van der Waals surface area contributed by atoms with E-state index in [0.29, 0.717) is 18.0 Å². The summed E-state index contributed by atoms with van der Waals surface area (Å²) in [5.41, 5.74) is 1.36. The summed E-state index contributed by atoms with van der Waals surface area (Å²) in [6.45, 7) is 5.31. The molecule has 1 aromatic carbocycles. The summed E-state index contributed by atoms with van der Waals surface area (Å²) in [7, 11) is 1.94. The second kappa shape index (κ2) is 8.13. The molecule has 1 saturated heterocycles. The number of carbonyl (C=O) groups is 1. The molecule has 1 saturated carbocycles. The second-order valence-corrected chi connectivity index (χ2v) is 7.45. The molecule has 1 heterocycles. The fraction of sp³-hybridized carbons (Fsp3) is 0.650. The molecule has 0 spiro atoms. The number of ether oxygens (including phenoxy) is 1. The van der Waals surface area contributed by atoms with Crippen molar-refractivity contribution in [1.82, 2.24) is 9.80 Å². The first kappa shape index (κ1) is 17.4. The highest BCUT2D eigenvalue weighted by Gasteiger charge is 2.30. The number of benzene rings is 1. The predicted molar refractivity (Wildman–Crippen MR) is 95.6 cm³/mol. The zero-order chi connectivity index (χ0) is 16.9. The zero-order valence-corrected chi connectivity index (χ0v) is 15.0. The number of hydrogen-bond acceptors (Lipinski definition) is 3. The third kappa shape index (κ3) is 4.81. The highest BCUT2D eigenvalue weighted by Crippen LogP contribution is 2.29. The Morgan fingerprint density at radius 3 is 2.67 bits per heavy atom. The molecule has 1 aliphatic heterocycles. The fourth-order valence-corrected chi connectivity index (χ4v) is 3.50. The minimum Gasteiger partial charge on any atom is -0.371 e. The Balaban J connectivity index is 1.44. The van der Waals surface area contributed by atoms with Crippen LogP contribution in [0.2, 0.25) is 0 Å². The summed E-state index contributed by atoms with van der Waals surface area (Å²) in [5, 5.41) is 0. The molecular weight excluding hydrogens is 300 g/mol. The second-order valence-electron chi connectivity index (χ2n) is 7.45. The van der Waals surface area contributed by atoms with Gasteiger partial charge in [0, 0.05) is 32.2 Å². The molecule has 0 N–H and O–H groups in total. The summed E-state index contributed by atoms with van der Waals surface area (Å²) in [6, 6.07) is 11.5. The molecule has 0 radical (unpaired) electrons. The van der Waals surface area contributed by atoms with Crippen LogP contribution in [0.1, 0.15) is 38.2 Å². The molecule has 24 heavy (non-hydrogen) atoms. The lowest BCUT2D eigenvalue weighted by Crippen LogP contribution is -2.49. The van der Waals surface area contributed by atoms with Gasteiger partial charge in [0.2, 0.25) is 5.91 Å². The van der Waals surface area contributed by atoms with Gasteiger partial charge in [0.15, 0.2) is 0 Å². The zero-order valence-electron chi connectivity index (χ0n) is 15.0. The molecule has 4 nitrogen and oxygen atoms in total. The Labute approximate surface area is 145 Å². The SMILES string of the molecule is CC1CC(N(C)C(=O)COCC2CC2)CCN1Cc1ccccc1. The van der Waals surface area contributed by atoms with Crippen LogP contribution in [-0.2, 0) is 16.1 Å². The van der Waals surface area contributed by atoms with Crippen molar-refractivity contribution in [3.8, 4) is 0 Å². The number of carbonyl (C=O) groups excluding carboxylic acids is 1. The summed E-state index contributed by atoms with van der Waals surface area (Å²) in [6.07, 6.45) is 4.61. The summed E-state index contributed by atoms with van der Waals surface area (Å²) in [5.74, 6) is 0.841. The summed E-state index contributed by atoms with van der Waals surface area (Å²) < 4.78 is 5.56. The Morgan fingerprint density at radius 1 is 1.25 bits per heavy atom. The minimum atomic E-state index is 0.129. The van der Waals surface area contributed by atoms with E-state index in [1.807, 2.05) is 11.9 Å². The molecule has 2 aliphatic rings. The first-order valence-electron chi connectivity index (χ1n) is 9.25. The minimum absolute atomic E-state index is 0.129. The third-order valence-electron chi connectivity index (χ3n) is 5.43. The quantitative estimate of drug-likeness (QED) is 0.771. The maximum atomic E-state index is 12.3. The lowest BCUT2D eigenvalue weighted by molar-refractivity contribution is -0.138. The molecule has 2 unspecified atom stereocenters. The molecule has 1 aromatic rings. The van der Waals surface area contributed by atoms with Gasteiger partial charge in [-0.25, -0.2) is 0 Å². The van der Waals surface area contributed by atoms with Crippen molar-refractivity contribution in [2.45, 2.75) is 51.2 Å². The van der Waals surface area contributed by atoms with E-state index < -0.39 is 0 Å². The van der Waals surface area contributed by atoms with Crippen molar-refractivity contribution in [3.05, 3.63) is 35.9 Å². The number of likely N-dealkylation sites (tertiary alicyclic amines) is 1. The Bertz CT molecular complexity index is 530. The normalized spacial score (nSPS) is 24.8. The highest BCUT2D eigenvalue weighted by atomic mass is 16.5. The van der Waals surface area contributed by atoms with Gasteiger partial charge in [-0.05, 0) is 44.1 Å². The molecule has 2 atom stereocenters. The lowest BCUT2D eigenvalue weighted by atomic mass is 9.96. The number of rotatable bonds is 7. The first-order valence-corrected chi connectivity index (χ1v) is 9.25. The van der Waals surface area contributed by atoms with E-state index in [9.17, 15) is 4.79 Å². The van der Waals surface area contributed by atoms with E-state index in [1.54, 1.807) is 0 Å². The van der Waals surface area contributed by atoms with Crippen LogP contribution in [0.3, 0.4) is 0 Å². The molecule has 2 fully saturated rings. The van der Waals surface area contributed by atoms with Crippen LogP contribution >= 0.6 is 0 Å². The van der Waals surface area contributed by atoms with Crippen LogP contribution in [0.15, 0.2) is 30.3 Å². The Morgan fingerprint density at radius 2 is 2.00 bits per heavy atom. The molecule has 4 heteroatoms. The summed E-state index contributed by atoms with van der Waals surface area (Å²) >= 11 is 0. The number of likely N-dealkylation sites (N-methyl/N-ethyl adjacent to an activating group) is 1. The summed E-state index contributed by atoms with van der Waals surface area (Å²) in [4.78, 5) is 16.8. The number of nitrogens with zero attached hydrogens (tertiary/aromatic N) is 2. The van der Waals surface area contributed by atoms with Crippen molar-refractivity contribution in [1.29, 1.82) is 0 Å². The molecule has 1 amide bonds. The fourth-order valence-electron chi connectivity index (χ4n) is 3.50. The van der Waals surface area contributed by atoms with Gasteiger partial charge in [-0.15, -0.1) is 0 Å². The van der Waals surface area contributed by atoms with Crippen molar-refractivity contribution >= 4 is 5.91 Å². The predicted octanol–water partition coefficient (Wildman–Crippen LogP) is 2.92. The molecule has 1 aliphatic carbocycles. The van der Waals surface area contributed by atoms with Gasteiger partial charge >= 0.3 is 0 Å². The van der Waals surface area contributed by atoms with Crippen LogP contribution in [0, 0.1) is 5.92 Å². The number of hydrogen-bond donors (Lipinski definition) is 0. The van der Waals surface area contributed by atoms with E-state index >= 15 is 0 Å². The van der Waals surface area contributed by atoms with Crippen LogP contribution in [0.4, 0.5) is 0 Å². The maximum absolute atomic E-state index is 12.3. The Hall–Kier alpha value is -1.39. The van der Waals surface area contributed by atoms with E-state index in [2.05, 4.69) is 42.2 Å². The first-order chi connectivity index (χ1) is 11.6. The standard InChI is InChI=1S/C20H30N2O2/c1-16-12-19(21(2)20(23)15-24-14-18-8-9-18)10-11-22(16)13-17-6-4-3-5-7-17/h3-7,16,18-19H,8-15H2,1-2H3.